The molecule has 0 aromatic carbocycles. The van der Waals surface area contributed by atoms with Crippen molar-refractivity contribution in [3.8, 4) is 0 Å². The van der Waals surface area contributed by atoms with Crippen molar-refractivity contribution in [2.24, 2.45) is 0 Å². The monoisotopic (exact) mass is 147 g/mol. The van der Waals surface area contributed by atoms with Gasteiger partial charge in [0.15, 0.2) is 0 Å². The molecule has 0 aliphatic rings. The van der Waals surface area contributed by atoms with Crippen LogP contribution in [0.15, 0.2) is 0 Å². The summed E-state index contributed by atoms with van der Waals surface area (Å²) < 4.78 is 30.2. The summed E-state index contributed by atoms with van der Waals surface area (Å²) in [6.45, 7) is 0. The van der Waals surface area contributed by atoms with Crippen LogP contribution in [-0.4, -0.2) is 18.2 Å². The van der Waals surface area contributed by atoms with Gasteiger partial charge in [0.1, 0.15) is 0 Å². The number of hydrogen-bond donors (Lipinski definition) is 2. The lowest BCUT2D eigenvalue weighted by Gasteiger charge is -1.98. The predicted octanol–water partition coefficient (Wildman–Crippen LogP) is -0.756. The van der Waals surface area contributed by atoms with Gasteiger partial charge in [0, 0.05) is 0 Å². The minimum atomic E-state index is -4.90. The number of rotatable bonds is 2. The van der Waals surface area contributed by atoms with Crippen LogP contribution in [0.5, 0.6) is 0 Å². The zero-order valence-corrected chi connectivity index (χ0v) is 4.71. The molecular formula is H5NO6S. The first kappa shape index (κ1) is 10.7. The zero-order valence-electron chi connectivity index (χ0n) is 3.90. The predicted molar refractivity (Wildman–Crippen MR) is 20.5 cm³/mol. The van der Waals surface area contributed by atoms with Crippen LogP contribution in [0.4, 0.5) is 0 Å². The molecule has 0 aliphatic carbocycles. The largest absolute Gasteiger partial charge is 0.724 e. The Hall–Kier alpha value is -0.250. The molecule has 5 N–H and O–H groups in total. The lowest BCUT2D eigenvalue weighted by atomic mass is 14.0. The van der Waals surface area contributed by atoms with E-state index in [2.05, 4.69) is 9.37 Å². The lowest BCUT2D eigenvalue weighted by Crippen LogP contribution is -2.01. The van der Waals surface area contributed by atoms with Crippen LogP contribution in [0, 0.1) is 0 Å². The highest BCUT2D eigenvalue weighted by Crippen LogP contribution is 1.80. The van der Waals surface area contributed by atoms with Crippen LogP contribution < -0.4 is 6.15 Å². The van der Waals surface area contributed by atoms with Crippen molar-refractivity contribution < 1.29 is 27.6 Å². The molecule has 0 atom stereocenters. The first-order chi connectivity index (χ1) is 3.06. The van der Waals surface area contributed by atoms with Crippen LogP contribution >= 0.6 is 0 Å². The van der Waals surface area contributed by atoms with E-state index in [1.807, 2.05) is 0 Å². The van der Waals surface area contributed by atoms with Gasteiger partial charge in [0.25, 0.3) is 0 Å². The molecule has 0 bridgehead atoms. The first-order valence-corrected chi connectivity index (χ1v) is 2.35. The van der Waals surface area contributed by atoms with Gasteiger partial charge in [-0.2, -0.15) is 0 Å². The minimum Gasteiger partial charge on any atom is -0.724 e. The highest BCUT2D eigenvalue weighted by atomic mass is 32.3. The Labute approximate surface area is 45.2 Å². The fourth-order valence-corrected chi connectivity index (χ4v) is 0.112. The molecular weight excluding hydrogens is 142 g/mol. The van der Waals surface area contributed by atoms with E-state index in [0.717, 1.165) is 0 Å². The summed E-state index contributed by atoms with van der Waals surface area (Å²) in [6, 6.07) is 0. The summed E-state index contributed by atoms with van der Waals surface area (Å²) >= 11 is 0. The highest BCUT2D eigenvalue weighted by molar-refractivity contribution is 7.80. The van der Waals surface area contributed by atoms with E-state index >= 15 is 0 Å². The molecule has 0 unspecified atom stereocenters. The van der Waals surface area contributed by atoms with Crippen LogP contribution in [0.1, 0.15) is 0 Å². The molecule has 0 saturated heterocycles. The summed E-state index contributed by atoms with van der Waals surface area (Å²) in [4.78, 5) is 0. The normalized spacial score (nSPS) is 10.2. The maximum absolute atomic E-state index is 9.17. The van der Waals surface area contributed by atoms with Crippen molar-refractivity contribution in [1.82, 2.24) is 6.15 Å². The van der Waals surface area contributed by atoms with E-state index in [4.69, 9.17) is 18.2 Å². The average Bonchev–Trinajstić information content (AvgIpc) is 1.30. The molecule has 0 rings (SSSR count). The maximum Gasteiger partial charge on any atom is 0.248 e. The van der Waals surface area contributed by atoms with Gasteiger partial charge in [-0.1, -0.05) is 9.37 Å². The van der Waals surface area contributed by atoms with E-state index in [1.165, 1.54) is 0 Å². The van der Waals surface area contributed by atoms with Gasteiger partial charge in [-0.3, -0.25) is 0 Å². The molecule has 0 aromatic rings. The van der Waals surface area contributed by atoms with Gasteiger partial charge in [-0.15, -0.1) is 0 Å². The second kappa shape index (κ2) is 3.72. The second-order valence-corrected chi connectivity index (χ2v) is 1.50. The third-order valence-electron chi connectivity index (χ3n) is 0.114. The van der Waals surface area contributed by atoms with Gasteiger partial charge in [0.2, 0.25) is 10.4 Å². The SMILES string of the molecule is O=S(=O)([O-])OOO.[NH4+]. The Kier molecular flexibility index (Phi) is 4.96. The van der Waals surface area contributed by atoms with E-state index in [9.17, 15) is 0 Å². The van der Waals surface area contributed by atoms with Crippen LogP contribution in [0.3, 0.4) is 0 Å². The van der Waals surface area contributed by atoms with Gasteiger partial charge in [0.05, 0.1) is 0 Å². The van der Waals surface area contributed by atoms with Gasteiger partial charge in [-0.25, -0.2) is 13.7 Å². The lowest BCUT2D eigenvalue weighted by molar-refractivity contribution is -0.439. The Morgan fingerprint density at radius 3 is 1.88 bits per heavy atom. The van der Waals surface area contributed by atoms with Crippen molar-refractivity contribution in [3.05, 3.63) is 0 Å². The summed E-state index contributed by atoms with van der Waals surface area (Å²) in [5.41, 5.74) is 0. The molecule has 0 saturated carbocycles. The molecule has 7 nitrogen and oxygen atoms in total. The maximum atomic E-state index is 9.17. The number of quaternary nitrogens is 1. The molecule has 0 aromatic heterocycles. The smallest absolute Gasteiger partial charge is 0.248 e. The molecule has 52 valence electrons. The molecule has 8 heavy (non-hydrogen) atoms. The summed E-state index contributed by atoms with van der Waals surface area (Å²) in [5, 5.41) is 9.61. The summed E-state index contributed by atoms with van der Waals surface area (Å²) in [5.74, 6) is 0. The quantitative estimate of drug-likeness (QED) is 0.228. The topological polar surface area (TPSA) is 132 Å². The third-order valence-corrected chi connectivity index (χ3v) is 0.341. The Bertz CT molecular complexity index is 121. The second-order valence-electron chi connectivity index (χ2n) is 0.551. The van der Waals surface area contributed by atoms with E-state index in [0.29, 0.717) is 0 Å². The Morgan fingerprint density at radius 1 is 1.50 bits per heavy atom. The molecule has 8 heteroatoms. The molecule has 0 amide bonds. The van der Waals surface area contributed by atoms with Gasteiger partial charge in [-0.05, 0) is 0 Å². The molecule has 0 aliphatic heterocycles. The zero-order chi connectivity index (χ0) is 5.91. The molecule has 0 heterocycles. The van der Waals surface area contributed by atoms with Gasteiger partial charge >= 0.3 is 0 Å². The Morgan fingerprint density at radius 2 is 1.88 bits per heavy atom. The van der Waals surface area contributed by atoms with Crippen molar-refractivity contribution in [2.45, 2.75) is 0 Å². The Balaban J connectivity index is 0. The van der Waals surface area contributed by atoms with Crippen molar-refractivity contribution >= 4 is 10.4 Å². The van der Waals surface area contributed by atoms with Crippen molar-refractivity contribution in [1.29, 1.82) is 0 Å². The first-order valence-electron chi connectivity index (χ1n) is 1.02. The van der Waals surface area contributed by atoms with Gasteiger partial charge < -0.3 is 10.7 Å². The highest BCUT2D eigenvalue weighted by Gasteiger charge is 1.89. The fraction of sp³-hybridized carbons (Fsp3) is 0. The van der Waals surface area contributed by atoms with E-state index < -0.39 is 10.4 Å². The summed E-state index contributed by atoms with van der Waals surface area (Å²) in [6.07, 6.45) is 0. The molecule has 0 fully saturated rings. The fourth-order valence-electron chi connectivity index (χ4n) is 0.0373. The average molecular weight is 147 g/mol. The standard InChI is InChI=1S/H3N.H2O6S/c;1-5-6-7(2,3)4/h1H3;1H,(H,2,3,4). The molecule has 0 radical (unpaired) electrons. The molecule has 0 spiro atoms. The third kappa shape index (κ3) is 9.23. The van der Waals surface area contributed by atoms with Crippen molar-refractivity contribution in [2.75, 3.05) is 0 Å². The van der Waals surface area contributed by atoms with E-state index in [-0.39, 0.29) is 6.15 Å². The van der Waals surface area contributed by atoms with Crippen LogP contribution in [0.2, 0.25) is 0 Å². The van der Waals surface area contributed by atoms with Crippen molar-refractivity contribution in [3.63, 3.8) is 0 Å². The van der Waals surface area contributed by atoms with Crippen LogP contribution in [-0.2, 0) is 19.8 Å². The number of hydrogen-bond acceptors (Lipinski definition) is 6. The van der Waals surface area contributed by atoms with E-state index in [1.54, 1.807) is 0 Å². The minimum absolute atomic E-state index is 0. The summed E-state index contributed by atoms with van der Waals surface area (Å²) in [7, 11) is -4.90. The van der Waals surface area contributed by atoms with Crippen LogP contribution in [0.25, 0.3) is 0 Å².